The van der Waals surface area contributed by atoms with E-state index in [0.29, 0.717) is 28.9 Å². The second-order valence-corrected chi connectivity index (χ2v) is 7.35. The molecule has 0 aliphatic rings. The van der Waals surface area contributed by atoms with Crippen molar-refractivity contribution >= 4 is 35.0 Å². The van der Waals surface area contributed by atoms with Gasteiger partial charge in [0.2, 0.25) is 5.91 Å². The van der Waals surface area contributed by atoms with Gasteiger partial charge in [0.15, 0.2) is 16.6 Å². The normalized spacial score (nSPS) is 10.1. The van der Waals surface area contributed by atoms with Crippen LogP contribution >= 0.6 is 24.0 Å². The number of methoxy groups -OCH3 is 2. The van der Waals surface area contributed by atoms with Crippen molar-refractivity contribution in [2.75, 3.05) is 26.5 Å². The summed E-state index contributed by atoms with van der Waals surface area (Å²) in [6.45, 7) is 2.64. The van der Waals surface area contributed by atoms with Crippen molar-refractivity contribution in [1.29, 1.82) is 0 Å². The van der Waals surface area contributed by atoms with Crippen molar-refractivity contribution in [3.8, 4) is 11.5 Å². The van der Waals surface area contributed by atoms with Gasteiger partial charge in [0, 0.05) is 11.4 Å². The molecule has 0 bridgehead atoms. The lowest BCUT2D eigenvalue weighted by Crippen LogP contribution is -2.47. The molecule has 0 spiro atoms. The average Bonchev–Trinajstić information content (AvgIpc) is 2.71. The van der Waals surface area contributed by atoms with E-state index in [1.54, 1.807) is 14.2 Å². The van der Waals surface area contributed by atoms with E-state index >= 15 is 0 Å². The summed E-state index contributed by atoms with van der Waals surface area (Å²) < 4.78 is 10.5. The van der Waals surface area contributed by atoms with Crippen LogP contribution in [0.2, 0.25) is 0 Å². The predicted octanol–water partition coefficient (Wildman–Crippen LogP) is 2.84. The van der Waals surface area contributed by atoms with E-state index in [4.69, 9.17) is 21.7 Å². The third kappa shape index (κ3) is 6.94. The number of hydrogen-bond acceptors (Lipinski definition) is 5. The third-order valence-electron chi connectivity index (χ3n) is 3.91. The quantitative estimate of drug-likeness (QED) is 0.345. The summed E-state index contributed by atoms with van der Waals surface area (Å²) in [7, 11) is 3.22. The highest BCUT2D eigenvalue weighted by molar-refractivity contribution is 8.00. The number of hydrogen-bond donors (Lipinski definition) is 3. The number of thiocarbonyl (C=S) groups is 1. The van der Waals surface area contributed by atoms with Gasteiger partial charge in [-0.15, -0.1) is 11.8 Å². The monoisotopic (exact) mass is 419 g/mol. The molecule has 2 aromatic rings. The fraction of sp³-hybridized carbons (Fsp3) is 0.300. The number of thioether (sulfide) groups is 1. The summed E-state index contributed by atoms with van der Waals surface area (Å²) in [5.41, 5.74) is 7.57. The van der Waals surface area contributed by atoms with Gasteiger partial charge < -0.3 is 14.8 Å². The van der Waals surface area contributed by atoms with Crippen LogP contribution in [-0.2, 0) is 11.2 Å². The molecule has 0 unspecified atom stereocenters. The molecule has 6 nitrogen and oxygen atoms in total. The number of carbonyl (C=O) groups excluding carboxylic acids is 1. The maximum atomic E-state index is 12.0. The zero-order valence-electron chi connectivity index (χ0n) is 16.2. The van der Waals surface area contributed by atoms with Crippen molar-refractivity contribution in [1.82, 2.24) is 16.2 Å². The minimum Gasteiger partial charge on any atom is -0.493 e. The van der Waals surface area contributed by atoms with Gasteiger partial charge in [-0.25, -0.2) is 0 Å². The van der Waals surface area contributed by atoms with E-state index in [1.165, 1.54) is 11.8 Å². The van der Waals surface area contributed by atoms with E-state index in [2.05, 4.69) is 16.2 Å². The second kappa shape index (κ2) is 11.4. The van der Waals surface area contributed by atoms with Crippen molar-refractivity contribution in [3.63, 3.8) is 0 Å². The Morgan fingerprint density at radius 1 is 1.07 bits per heavy atom. The lowest BCUT2D eigenvalue weighted by molar-refractivity contribution is -0.119. The third-order valence-corrected chi connectivity index (χ3v) is 5.34. The summed E-state index contributed by atoms with van der Waals surface area (Å²) in [6, 6.07) is 13.7. The molecule has 0 aliphatic heterocycles. The van der Waals surface area contributed by atoms with Crippen LogP contribution in [0.25, 0.3) is 0 Å². The largest absolute Gasteiger partial charge is 0.493 e. The van der Waals surface area contributed by atoms with Gasteiger partial charge in [-0.05, 0) is 54.9 Å². The van der Waals surface area contributed by atoms with Gasteiger partial charge >= 0.3 is 0 Å². The van der Waals surface area contributed by atoms with Gasteiger partial charge in [-0.3, -0.25) is 15.6 Å². The number of carbonyl (C=O) groups is 1. The van der Waals surface area contributed by atoms with Crippen LogP contribution < -0.4 is 25.6 Å². The van der Waals surface area contributed by atoms with Crippen LogP contribution in [0.5, 0.6) is 11.5 Å². The number of hydrazine groups is 1. The summed E-state index contributed by atoms with van der Waals surface area (Å²) in [5, 5.41) is 3.43. The van der Waals surface area contributed by atoms with Crippen molar-refractivity contribution in [2.24, 2.45) is 0 Å². The molecule has 8 heteroatoms. The molecule has 3 N–H and O–H groups in total. The number of benzene rings is 2. The van der Waals surface area contributed by atoms with Gasteiger partial charge in [-0.2, -0.15) is 0 Å². The summed E-state index contributed by atoms with van der Waals surface area (Å²) in [4.78, 5) is 13.0. The Morgan fingerprint density at radius 3 is 2.54 bits per heavy atom. The molecule has 0 radical (unpaired) electrons. The van der Waals surface area contributed by atoms with Crippen molar-refractivity contribution < 1.29 is 14.3 Å². The van der Waals surface area contributed by atoms with Gasteiger partial charge in [0.1, 0.15) is 0 Å². The fourth-order valence-electron chi connectivity index (χ4n) is 2.42. The number of amides is 1. The lowest BCUT2D eigenvalue weighted by Gasteiger charge is -2.13. The zero-order valence-corrected chi connectivity index (χ0v) is 17.8. The Labute approximate surface area is 175 Å². The van der Waals surface area contributed by atoms with Gasteiger partial charge in [0.05, 0.1) is 20.0 Å². The molecule has 0 saturated heterocycles. The van der Waals surface area contributed by atoms with Gasteiger partial charge in [-0.1, -0.05) is 24.3 Å². The summed E-state index contributed by atoms with van der Waals surface area (Å²) in [6.07, 6.45) is 0.749. The number of aryl methyl sites for hydroxylation is 1. The standard InChI is InChI=1S/C20H25N3O3S2/c1-14-6-4-5-7-18(14)28-13-19(24)22-23-20(27)21-11-10-15-8-9-16(25-2)17(12-15)26-3/h4-9,12H,10-11,13H2,1-3H3,(H,22,24)(H2,21,23,27). The number of rotatable bonds is 8. The topological polar surface area (TPSA) is 71.6 Å². The molecular weight excluding hydrogens is 394 g/mol. The first kappa shape index (κ1) is 21.8. The van der Waals surface area contributed by atoms with E-state index in [1.807, 2.05) is 49.4 Å². The Kier molecular flexibility index (Phi) is 8.90. The zero-order chi connectivity index (χ0) is 20.4. The Hall–Kier alpha value is -2.45. The summed E-state index contributed by atoms with van der Waals surface area (Å²) >= 11 is 6.68. The second-order valence-electron chi connectivity index (χ2n) is 5.92. The van der Waals surface area contributed by atoms with Crippen LogP contribution in [0.4, 0.5) is 0 Å². The molecule has 0 aromatic heterocycles. The van der Waals surface area contributed by atoms with Crippen molar-refractivity contribution in [3.05, 3.63) is 53.6 Å². The first-order chi connectivity index (χ1) is 13.5. The molecule has 1 amide bonds. The predicted molar refractivity (Wildman–Crippen MR) is 117 cm³/mol. The molecule has 2 rings (SSSR count). The number of nitrogens with one attached hydrogen (secondary N) is 3. The van der Waals surface area contributed by atoms with Crippen LogP contribution in [0.3, 0.4) is 0 Å². The van der Waals surface area contributed by atoms with E-state index < -0.39 is 0 Å². The highest BCUT2D eigenvalue weighted by atomic mass is 32.2. The van der Waals surface area contributed by atoms with E-state index in [-0.39, 0.29) is 5.91 Å². The first-order valence-corrected chi connectivity index (χ1v) is 10.1. The van der Waals surface area contributed by atoms with Crippen LogP contribution in [0.1, 0.15) is 11.1 Å². The smallest absolute Gasteiger partial charge is 0.248 e. The van der Waals surface area contributed by atoms with Crippen LogP contribution in [0, 0.1) is 6.92 Å². The van der Waals surface area contributed by atoms with E-state index in [9.17, 15) is 4.79 Å². The molecule has 150 valence electrons. The SMILES string of the molecule is COc1ccc(CCNC(=S)NNC(=O)CSc2ccccc2C)cc1OC. The minimum absolute atomic E-state index is 0.141. The molecule has 2 aromatic carbocycles. The van der Waals surface area contributed by atoms with Crippen LogP contribution in [-0.4, -0.2) is 37.5 Å². The Balaban J connectivity index is 1.67. The van der Waals surface area contributed by atoms with Crippen LogP contribution in [0.15, 0.2) is 47.4 Å². The fourth-order valence-corrected chi connectivity index (χ4v) is 3.41. The highest BCUT2D eigenvalue weighted by Crippen LogP contribution is 2.27. The van der Waals surface area contributed by atoms with Gasteiger partial charge in [0.25, 0.3) is 0 Å². The molecule has 0 fully saturated rings. The molecule has 0 saturated carbocycles. The molecular formula is C20H25N3O3S2. The molecule has 0 aliphatic carbocycles. The van der Waals surface area contributed by atoms with Crippen molar-refractivity contribution in [2.45, 2.75) is 18.2 Å². The average molecular weight is 420 g/mol. The lowest BCUT2D eigenvalue weighted by atomic mass is 10.1. The highest BCUT2D eigenvalue weighted by Gasteiger charge is 2.06. The molecule has 0 atom stereocenters. The molecule has 28 heavy (non-hydrogen) atoms. The Morgan fingerprint density at radius 2 is 1.82 bits per heavy atom. The first-order valence-electron chi connectivity index (χ1n) is 8.75. The summed E-state index contributed by atoms with van der Waals surface area (Å²) in [5.74, 6) is 1.56. The maximum absolute atomic E-state index is 12.0. The molecule has 0 heterocycles. The minimum atomic E-state index is -0.141. The number of ether oxygens (including phenoxy) is 2. The Bertz CT molecular complexity index is 815. The maximum Gasteiger partial charge on any atom is 0.248 e. The van der Waals surface area contributed by atoms with E-state index in [0.717, 1.165) is 22.4 Å².